The van der Waals surface area contributed by atoms with Crippen LogP contribution in [0.3, 0.4) is 0 Å². The van der Waals surface area contributed by atoms with Crippen molar-refractivity contribution in [3.05, 3.63) is 41.5 Å². The van der Waals surface area contributed by atoms with Crippen LogP contribution in [0.4, 0.5) is 0 Å². The van der Waals surface area contributed by atoms with E-state index in [9.17, 15) is 4.79 Å². The van der Waals surface area contributed by atoms with Gasteiger partial charge in [0.2, 0.25) is 0 Å². The Morgan fingerprint density at radius 3 is 2.75 bits per heavy atom. The summed E-state index contributed by atoms with van der Waals surface area (Å²) in [5.41, 5.74) is 1.93. The fraction of sp³-hybridized carbons (Fsp3) is 0.529. The fourth-order valence-corrected chi connectivity index (χ4v) is 3.05. The number of rotatable bonds is 3. The molecule has 1 atom stereocenters. The van der Waals surface area contributed by atoms with Gasteiger partial charge in [0.05, 0.1) is 13.2 Å². The van der Waals surface area contributed by atoms with Crippen LogP contribution in [0.25, 0.3) is 0 Å². The first-order valence-electron chi connectivity index (χ1n) is 8.18. The van der Waals surface area contributed by atoms with Gasteiger partial charge in [-0.2, -0.15) is 0 Å². The number of imidazole rings is 1. The van der Waals surface area contributed by atoms with Crippen molar-refractivity contribution in [2.75, 3.05) is 26.3 Å². The summed E-state index contributed by atoms with van der Waals surface area (Å²) in [6.07, 6.45) is 4.12. The van der Waals surface area contributed by atoms with E-state index in [1.54, 1.807) is 17.0 Å². The second-order valence-electron chi connectivity index (χ2n) is 6.32. The molecule has 3 heterocycles. The predicted octanol–water partition coefficient (Wildman–Crippen LogP) is 1.16. The van der Waals surface area contributed by atoms with Gasteiger partial charge in [-0.3, -0.25) is 4.79 Å². The maximum atomic E-state index is 12.7. The van der Waals surface area contributed by atoms with E-state index < -0.39 is 0 Å². The molecule has 1 fully saturated rings. The van der Waals surface area contributed by atoms with Gasteiger partial charge in [0, 0.05) is 56.3 Å². The van der Waals surface area contributed by atoms with E-state index in [-0.39, 0.29) is 11.8 Å². The van der Waals surface area contributed by atoms with Crippen LogP contribution < -0.4 is 0 Å². The lowest BCUT2D eigenvalue weighted by molar-refractivity contribution is 0.0721. The number of aryl methyl sites for hydroxylation is 3. The first-order chi connectivity index (χ1) is 11.5. The molecule has 1 saturated heterocycles. The summed E-state index contributed by atoms with van der Waals surface area (Å²) in [5.74, 6) is 1.39. The Morgan fingerprint density at radius 1 is 1.33 bits per heavy atom. The Kier molecular flexibility index (Phi) is 4.89. The molecule has 2 aromatic heterocycles. The monoisotopic (exact) mass is 329 g/mol. The van der Waals surface area contributed by atoms with Crippen molar-refractivity contribution < 1.29 is 9.53 Å². The van der Waals surface area contributed by atoms with E-state index in [4.69, 9.17) is 4.74 Å². The Labute approximate surface area is 141 Å². The van der Waals surface area contributed by atoms with E-state index in [0.29, 0.717) is 38.5 Å². The first kappa shape index (κ1) is 16.6. The Balaban J connectivity index is 1.73. The van der Waals surface area contributed by atoms with E-state index in [2.05, 4.69) is 15.0 Å². The zero-order valence-electron chi connectivity index (χ0n) is 14.4. The Hall–Kier alpha value is -2.28. The van der Waals surface area contributed by atoms with E-state index in [1.807, 2.05) is 31.9 Å². The van der Waals surface area contributed by atoms with Crippen molar-refractivity contribution in [3.8, 4) is 0 Å². The number of carbonyl (C=O) groups is 1. The zero-order chi connectivity index (χ0) is 17.1. The van der Waals surface area contributed by atoms with Crippen LogP contribution in [-0.2, 0) is 18.2 Å². The number of hydrogen-bond donors (Lipinski definition) is 0. The Bertz CT molecular complexity index is 707. The molecule has 0 N–H and O–H groups in total. The lowest BCUT2D eigenvalue weighted by atomic mass is 10.1. The Morgan fingerprint density at radius 2 is 2.08 bits per heavy atom. The van der Waals surface area contributed by atoms with Crippen LogP contribution >= 0.6 is 0 Å². The molecule has 0 aliphatic carbocycles. The van der Waals surface area contributed by atoms with Crippen molar-refractivity contribution in [1.82, 2.24) is 24.4 Å². The minimum Gasteiger partial charge on any atom is -0.379 e. The van der Waals surface area contributed by atoms with Crippen molar-refractivity contribution in [1.29, 1.82) is 0 Å². The largest absolute Gasteiger partial charge is 0.379 e. The van der Waals surface area contributed by atoms with Crippen molar-refractivity contribution in [2.45, 2.75) is 20.3 Å². The van der Waals surface area contributed by atoms with Crippen LogP contribution in [-0.4, -0.2) is 56.6 Å². The van der Waals surface area contributed by atoms with E-state index in [0.717, 1.165) is 17.2 Å². The number of nitrogens with zero attached hydrogens (tertiary/aromatic N) is 5. The van der Waals surface area contributed by atoms with Gasteiger partial charge in [-0.05, 0) is 19.9 Å². The lowest BCUT2D eigenvalue weighted by Crippen LogP contribution is -2.37. The van der Waals surface area contributed by atoms with Gasteiger partial charge in [-0.1, -0.05) is 0 Å². The number of amides is 1. The lowest BCUT2D eigenvalue weighted by Gasteiger charge is -2.23. The van der Waals surface area contributed by atoms with Crippen LogP contribution in [0.1, 0.15) is 27.8 Å². The standard InChI is InChI=1S/C17H23N5O2/c1-12-8-13(2)20-15(19-12)9-14-10-22(6-7-24-11-14)17(23)16-18-4-5-21(16)3/h4-5,8,14H,6-7,9-11H2,1-3H3/t14-/m1/s1. The maximum Gasteiger partial charge on any atom is 0.289 e. The number of hydrogen-bond acceptors (Lipinski definition) is 5. The highest BCUT2D eigenvalue weighted by Gasteiger charge is 2.26. The van der Waals surface area contributed by atoms with Crippen LogP contribution in [0.2, 0.25) is 0 Å². The predicted molar refractivity (Wildman–Crippen MR) is 88.6 cm³/mol. The highest BCUT2D eigenvalue weighted by atomic mass is 16.5. The summed E-state index contributed by atoms with van der Waals surface area (Å²) in [6, 6.07) is 1.96. The van der Waals surface area contributed by atoms with E-state index >= 15 is 0 Å². The molecule has 0 bridgehead atoms. The van der Waals surface area contributed by atoms with Crippen molar-refractivity contribution in [3.63, 3.8) is 0 Å². The second kappa shape index (κ2) is 7.09. The molecule has 7 nitrogen and oxygen atoms in total. The fourth-order valence-electron chi connectivity index (χ4n) is 3.05. The summed E-state index contributed by atoms with van der Waals surface area (Å²) in [5, 5.41) is 0. The third-order valence-corrected chi connectivity index (χ3v) is 4.14. The molecule has 3 rings (SSSR count). The minimum absolute atomic E-state index is 0.0562. The molecule has 0 aromatic carbocycles. The molecule has 1 aliphatic rings. The molecule has 2 aromatic rings. The SMILES string of the molecule is Cc1cc(C)nc(C[C@H]2COCCN(C(=O)c3nccn3C)C2)n1. The number of ether oxygens (including phenoxy) is 1. The molecular formula is C17H23N5O2. The van der Waals surface area contributed by atoms with Gasteiger partial charge in [-0.25, -0.2) is 15.0 Å². The third kappa shape index (κ3) is 3.79. The summed E-state index contributed by atoms with van der Waals surface area (Å²) in [6.45, 7) is 6.30. The normalized spacial score (nSPS) is 18.5. The smallest absolute Gasteiger partial charge is 0.289 e. The zero-order valence-corrected chi connectivity index (χ0v) is 14.4. The first-order valence-corrected chi connectivity index (χ1v) is 8.18. The maximum absolute atomic E-state index is 12.7. The second-order valence-corrected chi connectivity index (χ2v) is 6.32. The van der Waals surface area contributed by atoms with Crippen LogP contribution in [0.5, 0.6) is 0 Å². The number of aromatic nitrogens is 4. The molecule has 7 heteroatoms. The topological polar surface area (TPSA) is 73.1 Å². The molecule has 0 unspecified atom stereocenters. The quantitative estimate of drug-likeness (QED) is 0.845. The molecule has 1 amide bonds. The van der Waals surface area contributed by atoms with Gasteiger partial charge in [0.25, 0.3) is 5.91 Å². The van der Waals surface area contributed by atoms with Gasteiger partial charge < -0.3 is 14.2 Å². The van der Waals surface area contributed by atoms with Gasteiger partial charge in [0.15, 0.2) is 5.82 Å². The van der Waals surface area contributed by atoms with Crippen LogP contribution in [0.15, 0.2) is 18.5 Å². The minimum atomic E-state index is -0.0562. The summed E-state index contributed by atoms with van der Waals surface area (Å²) in [7, 11) is 1.83. The molecular weight excluding hydrogens is 306 g/mol. The third-order valence-electron chi connectivity index (χ3n) is 4.14. The average molecular weight is 329 g/mol. The molecule has 128 valence electrons. The summed E-state index contributed by atoms with van der Waals surface area (Å²) < 4.78 is 7.44. The van der Waals surface area contributed by atoms with Gasteiger partial charge >= 0.3 is 0 Å². The molecule has 0 spiro atoms. The van der Waals surface area contributed by atoms with E-state index in [1.165, 1.54) is 0 Å². The summed E-state index contributed by atoms with van der Waals surface area (Å²) in [4.78, 5) is 27.7. The highest BCUT2D eigenvalue weighted by Crippen LogP contribution is 2.14. The van der Waals surface area contributed by atoms with Crippen molar-refractivity contribution in [2.24, 2.45) is 13.0 Å². The molecule has 1 aliphatic heterocycles. The average Bonchev–Trinajstić information content (AvgIpc) is 2.80. The van der Waals surface area contributed by atoms with Crippen molar-refractivity contribution >= 4 is 5.91 Å². The number of carbonyl (C=O) groups excluding carboxylic acids is 1. The summed E-state index contributed by atoms with van der Waals surface area (Å²) >= 11 is 0. The van der Waals surface area contributed by atoms with Gasteiger partial charge in [-0.15, -0.1) is 0 Å². The highest BCUT2D eigenvalue weighted by molar-refractivity contribution is 5.90. The molecule has 0 radical (unpaired) electrons. The van der Waals surface area contributed by atoms with Gasteiger partial charge in [0.1, 0.15) is 5.82 Å². The molecule has 0 saturated carbocycles. The van der Waals surface area contributed by atoms with Crippen LogP contribution in [0, 0.1) is 19.8 Å². The molecule has 24 heavy (non-hydrogen) atoms.